The summed E-state index contributed by atoms with van der Waals surface area (Å²) in [5.74, 6) is 0. The molecular weight excluding hydrogens is 298 g/mol. The summed E-state index contributed by atoms with van der Waals surface area (Å²) >= 11 is 3.60. The Hall–Kier alpha value is -1.54. The molecule has 2 aromatic carbocycles. The second-order valence-corrected chi connectivity index (χ2v) is 6.23. The van der Waals surface area contributed by atoms with Crippen molar-refractivity contribution in [3.05, 3.63) is 62.9 Å². The second-order valence-electron chi connectivity index (χ2n) is 5.32. The largest absolute Gasteiger partial charge is 0.363 e. The normalized spacial score (nSPS) is 19.5. The van der Waals surface area contributed by atoms with E-state index in [0.29, 0.717) is 6.04 Å². The third kappa shape index (κ3) is 1.35. The molecule has 0 fully saturated rings. The molecule has 0 N–H and O–H groups in total. The number of anilines is 1. The smallest absolute Gasteiger partial charge is 0.0771 e. The van der Waals surface area contributed by atoms with Gasteiger partial charge in [0, 0.05) is 22.8 Å². The van der Waals surface area contributed by atoms with Crippen molar-refractivity contribution >= 4 is 32.8 Å². The molecule has 0 aromatic heterocycles. The lowest BCUT2D eigenvalue weighted by Crippen LogP contribution is -2.27. The maximum Gasteiger partial charge on any atom is 0.0771 e. The van der Waals surface area contributed by atoms with Crippen molar-refractivity contribution in [1.29, 1.82) is 0 Å². The third-order valence-corrected chi connectivity index (χ3v) is 4.83. The van der Waals surface area contributed by atoms with Crippen molar-refractivity contribution in [3.8, 4) is 0 Å². The molecule has 1 aliphatic carbocycles. The Labute approximate surface area is 121 Å². The first-order valence-corrected chi connectivity index (χ1v) is 7.30. The van der Waals surface area contributed by atoms with Crippen LogP contribution in [0.5, 0.6) is 0 Å². The van der Waals surface area contributed by atoms with Crippen LogP contribution in [0.3, 0.4) is 0 Å². The van der Waals surface area contributed by atoms with Gasteiger partial charge in [-0.15, -0.1) is 0 Å². The van der Waals surface area contributed by atoms with E-state index in [1.54, 1.807) is 0 Å². The van der Waals surface area contributed by atoms with Crippen LogP contribution >= 0.6 is 15.9 Å². The molecule has 0 saturated heterocycles. The molecule has 2 aromatic rings. The topological polar surface area (TPSA) is 3.24 Å². The summed E-state index contributed by atoms with van der Waals surface area (Å²) in [4.78, 5) is 2.40. The molecule has 19 heavy (non-hydrogen) atoms. The quantitative estimate of drug-likeness (QED) is 0.723. The molecule has 0 spiro atoms. The fraction of sp³-hybridized carbons (Fsp3) is 0.176. The van der Waals surface area contributed by atoms with Gasteiger partial charge in [-0.1, -0.05) is 40.2 Å². The summed E-state index contributed by atoms with van der Waals surface area (Å²) in [5, 5.41) is 2.80. The molecule has 1 heterocycles. The SMILES string of the molecule is CC1=c2ccccc2=C2c3cc(Br)ccc3N(C)C12. The van der Waals surface area contributed by atoms with E-state index >= 15 is 0 Å². The first-order valence-electron chi connectivity index (χ1n) is 6.51. The van der Waals surface area contributed by atoms with E-state index in [4.69, 9.17) is 0 Å². The van der Waals surface area contributed by atoms with Gasteiger partial charge in [0.05, 0.1) is 6.04 Å². The monoisotopic (exact) mass is 311 g/mol. The highest BCUT2D eigenvalue weighted by Crippen LogP contribution is 2.42. The summed E-state index contributed by atoms with van der Waals surface area (Å²) < 4.78 is 1.15. The van der Waals surface area contributed by atoms with Gasteiger partial charge in [0.1, 0.15) is 0 Å². The van der Waals surface area contributed by atoms with Crippen molar-refractivity contribution in [2.75, 3.05) is 11.9 Å². The van der Waals surface area contributed by atoms with E-state index in [-0.39, 0.29) is 0 Å². The van der Waals surface area contributed by atoms with Gasteiger partial charge >= 0.3 is 0 Å². The highest BCUT2D eigenvalue weighted by Gasteiger charge is 2.36. The molecule has 94 valence electrons. The number of halogens is 1. The molecule has 0 saturated carbocycles. The highest BCUT2D eigenvalue weighted by molar-refractivity contribution is 9.10. The number of benzene rings is 2. The number of nitrogens with zero attached hydrogens (tertiary/aromatic N) is 1. The van der Waals surface area contributed by atoms with E-state index in [1.807, 2.05) is 0 Å². The van der Waals surface area contributed by atoms with Gasteiger partial charge in [-0.2, -0.15) is 0 Å². The van der Waals surface area contributed by atoms with Crippen LogP contribution in [-0.4, -0.2) is 13.1 Å². The molecular formula is C17H14BrN. The second kappa shape index (κ2) is 3.73. The van der Waals surface area contributed by atoms with Crippen molar-refractivity contribution in [1.82, 2.24) is 0 Å². The Morgan fingerprint density at radius 3 is 2.58 bits per heavy atom. The summed E-state index contributed by atoms with van der Waals surface area (Å²) in [6.45, 7) is 2.26. The zero-order chi connectivity index (χ0) is 13.1. The predicted molar refractivity (Wildman–Crippen MR) is 83.6 cm³/mol. The molecule has 2 aliphatic rings. The average Bonchev–Trinajstić information content (AvgIpc) is 2.86. The van der Waals surface area contributed by atoms with Gasteiger partial charge in [0.15, 0.2) is 0 Å². The van der Waals surface area contributed by atoms with Crippen LogP contribution in [0.15, 0.2) is 46.9 Å². The van der Waals surface area contributed by atoms with E-state index in [1.165, 1.54) is 32.8 Å². The summed E-state index contributed by atoms with van der Waals surface area (Å²) in [6, 6.07) is 15.7. The minimum Gasteiger partial charge on any atom is -0.363 e. The number of hydrogen-bond donors (Lipinski definition) is 0. The zero-order valence-corrected chi connectivity index (χ0v) is 12.5. The molecule has 0 amide bonds. The first-order chi connectivity index (χ1) is 9.18. The fourth-order valence-electron chi connectivity index (χ4n) is 3.52. The van der Waals surface area contributed by atoms with Crippen LogP contribution in [0.2, 0.25) is 0 Å². The Morgan fingerprint density at radius 2 is 1.79 bits per heavy atom. The van der Waals surface area contributed by atoms with Crippen molar-refractivity contribution in [2.45, 2.75) is 13.0 Å². The van der Waals surface area contributed by atoms with Crippen molar-refractivity contribution in [3.63, 3.8) is 0 Å². The average molecular weight is 312 g/mol. The fourth-order valence-corrected chi connectivity index (χ4v) is 3.88. The van der Waals surface area contributed by atoms with Gasteiger partial charge in [0.25, 0.3) is 0 Å². The maximum absolute atomic E-state index is 3.60. The molecule has 1 aliphatic heterocycles. The minimum atomic E-state index is 0.404. The Bertz CT molecular complexity index is 819. The van der Waals surface area contributed by atoms with Gasteiger partial charge in [-0.05, 0) is 46.7 Å². The maximum atomic E-state index is 3.60. The first kappa shape index (κ1) is 11.3. The van der Waals surface area contributed by atoms with Crippen LogP contribution in [-0.2, 0) is 0 Å². The third-order valence-electron chi connectivity index (χ3n) is 4.34. The van der Waals surface area contributed by atoms with Gasteiger partial charge in [-0.25, -0.2) is 0 Å². The molecule has 0 radical (unpaired) electrons. The Kier molecular flexibility index (Phi) is 2.22. The number of rotatable bonds is 0. The summed E-state index contributed by atoms with van der Waals surface area (Å²) in [5.41, 5.74) is 5.62. The zero-order valence-electron chi connectivity index (χ0n) is 10.9. The predicted octanol–water partition coefficient (Wildman–Crippen LogP) is 2.65. The molecule has 1 unspecified atom stereocenters. The number of fused-ring (bicyclic) bond motifs is 4. The number of likely N-dealkylation sites (N-methyl/N-ethyl adjacent to an activating group) is 1. The summed E-state index contributed by atoms with van der Waals surface area (Å²) in [7, 11) is 2.19. The van der Waals surface area contributed by atoms with E-state index in [2.05, 4.69) is 77.3 Å². The molecule has 1 nitrogen and oxygen atoms in total. The van der Waals surface area contributed by atoms with E-state index < -0.39 is 0 Å². The van der Waals surface area contributed by atoms with Crippen molar-refractivity contribution in [2.24, 2.45) is 0 Å². The number of hydrogen-bond acceptors (Lipinski definition) is 1. The Balaban J connectivity index is 2.18. The lowest BCUT2D eigenvalue weighted by molar-refractivity contribution is 0.959. The van der Waals surface area contributed by atoms with E-state index in [0.717, 1.165) is 4.47 Å². The van der Waals surface area contributed by atoms with Gasteiger partial charge in [0.2, 0.25) is 0 Å². The van der Waals surface area contributed by atoms with Crippen LogP contribution in [0.4, 0.5) is 5.69 Å². The molecule has 0 bridgehead atoms. The lowest BCUT2D eigenvalue weighted by atomic mass is 10.0. The van der Waals surface area contributed by atoms with E-state index in [9.17, 15) is 0 Å². The van der Waals surface area contributed by atoms with Gasteiger partial charge < -0.3 is 4.90 Å². The van der Waals surface area contributed by atoms with Crippen LogP contribution in [0, 0.1) is 0 Å². The molecule has 1 atom stereocenters. The standard InChI is InChI=1S/C17H14BrN/c1-10-12-5-3-4-6-13(12)16-14-9-11(18)7-8-15(14)19(2)17(10)16/h3-9,17H,1-2H3. The Morgan fingerprint density at radius 1 is 1.05 bits per heavy atom. The molecule has 4 rings (SSSR count). The van der Waals surface area contributed by atoms with Crippen LogP contribution in [0.1, 0.15) is 12.5 Å². The minimum absolute atomic E-state index is 0.404. The highest BCUT2D eigenvalue weighted by atomic mass is 79.9. The lowest BCUT2D eigenvalue weighted by Gasteiger charge is -2.22. The van der Waals surface area contributed by atoms with Crippen LogP contribution in [0.25, 0.3) is 11.1 Å². The van der Waals surface area contributed by atoms with Crippen LogP contribution < -0.4 is 15.3 Å². The summed E-state index contributed by atoms with van der Waals surface area (Å²) in [6.07, 6.45) is 0. The molecule has 2 heteroatoms. The van der Waals surface area contributed by atoms with Gasteiger partial charge in [-0.3, -0.25) is 0 Å². The van der Waals surface area contributed by atoms with Crippen molar-refractivity contribution < 1.29 is 0 Å².